The van der Waals surface area contributed by atoms with Crippen LogP contribution in [0.2, 0.25) is 10.0 Å². The zero-order valence-corrected chi connectivity index (χ0v) is 21.7. The second-order valence-corrected chi connectivity index (χ2v) is 11.4. The second-order valence-electron chi connectivity index (χ2n) is 8.81. The van der Waals surface area contributed by atoms with Gasteiger partial charge in [-0.15, -0.1) is 0 Å². The van der Waals surface area contributed by atoms with Crippen LogP contribution in [-0.2, 0) is 21.2 Å². The summed E-state index contributed by atoms with van der Waals surface area (Å²) in [5, 5.41) is 10.3. The Morgan fingerprint density at radius 1 is 1.15 bits per heavy atom. The van der Waals surface area contributed by atoms with Crippen LogP contribution >= 0.6 is 23.2 Å². The normalized spacial score (nSPS) is 16.3. The zero-order chi connectivity index (χ0) is 24.9. The number of hydrogen-bond acceptors (Lipinski definition) is 5. The highest BCUT2D eigenvalue weighted by Crippen LogP contribution is 2.27. The highest BCUT2D eigenvalue weighted by atomic mass is 35.5. The van der Waals surface area contributed by atoms with Gasteiger partial charge in [-0.05, 0) is 68.2 Å². The first-order valence-electron chi connectivity index (χ1n) is 11.2. The number of halogens is 2. The van der Waals surface area contributed by atoms with Crippen LogP contribution in [0.5, 0.6) is 0 Å². The summed E-state index contributed by atoms with van der Waals surface area (Å²) >= 11 is 12.1. The lowest BCUT2D eigenvalue weighted by molar-refractivity contribution is -0.131. The third kappa shape index (κ3) is 7.58. The molecule has 0 saturated carbocycles. The largest absolute Gasteiger partial charge is 0.392 e. The summed E-state index contributed by atoms with van der Waals surface area (Å²) in [7, 11) is -1.93. The fraction of sp³-hybridized carbons (Fsp3) is 0.458. The van der Waals surface area contributed by atoms with Crippen LogP contribution < -0.4 is 4.72 Å². The molecule has 0 radical (unpaired) electrons. The Morgan fingerprint density at radius 2 is 1.85 bits per heavy atom. The van der Waals surface area contributed by atoms with Crippen molar-refractivity contribution < 1.29 is 18.3 Å². The van der Waals surface area contributed by atoms with Gasteiger partial charge in [-0.25, -0.2) is 8.42 Å². The Kier molecular flexibility index (Phi) is 9.23. The number of rotatable bonds is 10. The summed E-state index contributed by atoms with van der Waals surface area (Å²) in [5.74, 6) is -0.473. The minimum Gasteiger partial charge on any atom is -0.392 e. The molecule has 1 unspecified atom stereocenters. The van der Waals surface area contributed by atoms with Gasteiger partial charge in [-0.3, -0.25) is 9.52 Å². The van der Waals surface area contributed by atoms with Gasteiger partial charge in [-0.1, -0.05) is 41.4 Å². The molecule has 2 aromatic rings. The number of likely N-dealkylation sites (tertiary alicyclic amines) is 1. The molecular weight excluding hydrogens is 497 g/mol. The van der Waals surface area contributed by atoms with Gasteiger partial charge in [0.15, 0.2) is 0 Å². The van der Waals surface area contributed by atoms with E-state index in [1.165, 1.54) is 6.92 Å². The molecule has 1 amide bonds. The van der Waals surface area contributed by atoms with Crippen LogP contribution in [0.3, 0.4) is 0 Å². The van der Waals surface area contributed by atoms with Crippen molar-refractivity contribution >= 4 is 44.8 Å². The number of anilines is 1. The van der Waals surface area contributed by atoms with Crippen molar-refractivity contribution in [3.05, 3.63) is 63.6 Å². The molecule has 1 fully saturated rings. The molecule has 2 N–H and O–H groups in total. The van der Waals surface area contributed by atoms with Crippen LogP contribution in [0, 0.1) is 0 Å². The predicted octanol–water partition coefficient (Wildman–Crippen LogP) is 3.95. The van der Waals surface area contributed by atoms with E-state index in [4.69, 9.17) is 23.2 Å². The minimum absolute atomic E-state index is 0.0809. The smallest absolute Gasteiger partial charge is 0.235 e. The van der Waals surface area contributed by atoms with E-state index in [9.17, 15) is 18.3 Å². The number of nitrogens with one attached hydrogen (secondary N) is 1. The highest BCUT2D eigenvalue weighted by Gasteiger charge is 2.26. The van der Waals surface area contributed by atoms with E-state index in [1.54, 1.807) is 48.3 Å². The number of aliphatic hydroxyl groups excluding tert-OH is 1. The number of sulfonamides is 1. The molecular formula is C24H31Cl2N3O4S. The van der Waals surface area contributed by atoms with E-state index >= 15 is 0 Å². The lowest BCUT2D eigenvalue weighted by Crippen LogP contribution is -2.39. The summed E-state index contributed by atoms with van der Waals surface area (Å²) in [6, 6.07) is 12.0. The van der Waals surface area contributed by atoms with Crippen molar-refractivity contribution in [1.29, 1.82) is 0 Å². The third-order valence-corrected chi connectivity index (χ3v) is 8.04. The number of carbonyl (C=O) groups is 1. The number of likely N-dealkylation sites (N-methyl/N-ethyl adjacent to an activating group) is 1. The number of amides is 1. The molecule has 3 rings (SSSR count). The van der Waals surface area contributed by atoms with Gasteiger partial charge in [0, 0.05) is 19.3 Å². The first-order valence-corrected chi connectivity index (χ1v) is 13.7. The van der Waals surface area contributed by atoms with Crippen LogP contribution in [0.25, 0.3) is 0 Å². The molecule has 0 spiro atoms. The molecule has 0 aliphatic carbocycles. The van der Waals surface area contributed by atoms with Gasteiger partial charge < -0.3 is 14.9 Å². The number of hydrogen-bond donors (Lipinski definition) is 2. The van der Waals surface area contributed by atoms with Crippen molar-refractivity contribution in [2.24, 2.45) is 0 Å². The summed E-state index contributed by atoms with van der Waals surface area (Å²) in [4.78, 5) is 17.3. The first-order chi connectivity index (χ1) is 16.0. The van der Waals surface area contributed by atoms with Gasteiger partial charge in [0.05, 0.1) is 34.4 Å². The van der Waals surface area contributed by atoms with Crippen LogP contribution in [0.15, 0.2) is 42.5 Å². The lowest BCUT2D eigenvalue weighted by atomic mass is 10.0. The summed E-state index contributed by atoms with van der Waals surface area (Å²) in [5.41, 5.74) is 2.00. The maximum atomic E-state index is 13.2. The molecule has 2 atom stereocenters. The van der Waals surface area contributed by atoms with Crippen LogP contribution in [-0.4, -0.2) is 67.8 Å². The predicted molar refractivity (Wildman–Crippen MR) is 137 cm³/mol. The van der Waals surface area contributed by atoms with Crippen molar-refractivity contribution in [2.75, 3.05) is 37.2 Å². The van der Waals surface area contributed by atoms with Crippen molar-refractivity contribution in [3.8, 4) is 0 Å². The maximum Gasteiger partial charge on any atom is 0.235 e. The Morgan fingerprint density at radius 3 is 2.50 bits per heavy atom. The van der Waals surface area contributed by atoms with E-state index < -0.39 is 21.9 Å². The molecule has 0 bridgehead atoms. The molecule has 0 aromatic heterocycles. The number of aliphatic hydroxyl groups is 1. The van der Waals surface area contributed by atoms with Gasteiger partial charge in [-0.2, -0.15) is 0 Å². The summed E-state index contributed by atoms with van der Waals surface area (Å²) in [6.07, 6.45) is 1.43. The number of benzene rings is 2. The van der Waals surface area contributed by atoms with Crippen molar-refractivity contribution in [1.82, 2.24) is 9.80 Å². The Hall–Kier alpha value is -1.84. The Balaban J connectivity index is 1.83. The van der Waals surface area contributed by atoms with Gasteiger partial charge in [0.1, 0.15) is 0 Å². The van der Waals surface area contributed by atoms with Crippen molar-refractivity contribution in [2.45, 2.75) is 38.3 Å². The van der Waals surface area contributed by atoms with E-state index in [0.29, 0.717) is 22.3 Å². The van der Waals surface area contributed by atoms with Gasteiger partial charge >= 0.3 is 0 Å². The van der Waals surface area contributed by atoms with Crippen LogP contribution in [0.4, 0.5) is 5.69 Å². The fourth-order valence-electron chi connectivity index (χ4n) is 4.13. The fourth-order valence-corrected chi connectivity index (χ4v) is 5.66. The number of carbonyl (C=O) groups excluding carboxylic acids is 1. The van der Waals surface area contributed by atoms with Crippen LogP contribution in [0.1, 0.15) is 36.9 Å². The number of nitrogens with zero attached hydrogens (tertiary/aromatic N) is 2. The minimum atomic E-state index is -3.70. The third-order valence-electron chi connectivity index (χ3n) is 5.84. The molecule has 1 heterocycles. The molecule has 1 aliphatic rings. The molecule has 1 saturated heterocycles. The topological polar surface area (TPSA) is 89.9 Å². The van der Waals surface area contributed by atoms with Crippen molar-refractivity contribution in [3.63, 3.8) is 0 Å². The molecule has 2 aromatic carbocycles. The zero-order valence-electron chi connectivity index (χ0n) is 19.4. The SMILES string of the molecule is CC(O)CS(=O)(=O)Nc1cccc([C@@H](CN2CCCC2)N(C)C(=O)Cc2ccc(Cl)c(Cl)c2)c1. The molecule has 10 heteroatoms. The van der Waals surface area contributed by atoms with E-state index in [0.717, 1.165) is 37.1 Å². The highest BCUT2D eigenvalue weighted by molar-refractivity contribution is 7.92. The van der Waals surface area contributed by atoms with Gasteiger partial charge in [0.25, 0.3) is 0 Å². The Labute approximate surface area is 211 Å². The maximum absolute atomic E-state index is 13.2. The van der Waals surface area contributed by atoms with Gasteiger partial charge in [0.2, 0.25) is 15.9 Å². The molecule has 7 nitrogen and oxygen atoms in total. The lowest BCUT2D eigenvalue weighted by Gasteiger charge is -2.32. The molecule has 186 valence electrons. The second kappa shape index (κ2) is 11.7. The van der Waals surface area contributed by atoms with E-state index in [1.807, 2.05) is 6.07 Å². The summed E-state index contributed by atoms with van der Waals surface area (Å²) in [6.45, 7) is 4.00. The van der Waals surface area contributed by atoms with E-state index in [-0.39, 0.29) is 18.4 Å². The molecule has 34 heavy (non-hydrogen) atoms. The Bertz CT molecular complexity index is 1110. The van der Waals surface area contributed by atoms with E-state index in [2.05, 4.69) is 9.62 Å². The average molecular weight is 529 g/mol. The first kappa shape index (κ1) is 26.8. The summed E-state index contributed by atoms with van der Waals surface area (Å²) < 4.78 is 27.1. The monoisotopic (exact) mass is 527 g/mol. The molecule has 1 aliphatic heterocycles. The standard InChI is InChI=1S/C24H31Cl2N3O4S/c1-17(30)16-34(32,33)27-20-7-5-6-19(14-20)23(15-29-10-3-4-11-29)28(2)24(31)13-18-8-9-21(25)22(26)12-18/h5-9,12,14,17,23,27,30H,3-4,10-11,13,15-16H2,1-2H3/t17?,23-/m1/s1. The average Bonchev–Trinajstić information content (AvgIpc) is 3.26. The quantitative estimate of drug-likeness (QED) is 0.488.